The lowest BCUT2D eigenvalue weighted by molar-refractivity contribution is -0.184. The van der Waals surface area contributed by atoms with Gasteiger partial charge in [-0.25, -0.2) is 0 Å². The molecule has 2 nitrogen and oxygen atoms in total. The highest BCUT2D eigenvalue weighted by molar-refractivity contribution is 6.74. The minimum atomic E-state index is -1.96. The molecule has 0 aromatic heterocycles. The fourth-order valence-electron chi connectivity index (χ4n) is 4.51. The van der Waals surface area contributed by atoms with Gasteiger partial charge in [0.1, 0.15) is 5.60 Å². The number of hydrogen-bond acceptors (Lipinski definition) is 2. The molecule has 21 heavy (non-hydrogen) atoms. The molecule has 0 aliphatic heterocycles. The molecule has 3 saturated carbocycles. The highest BCUT2D eigenvalue weighted by Gasteiger charge is 2.67. The second-order valence-electron chi connectivity index (χ2n) is 9.18. The molecule has 0 amide bonds. The predicted octanol–water partition coefficient (Wildman–Crippen LogP) is 4.71. The maximum Gasteiger partial charge on any atom is 0.193 e. The Kier molecular flexibility index (Phi) is 3.18. The van der Waals surface area contributed by atoms with E-state index in [1.54, 1.807) is 0 Å². The van der Waals surface area contributed by atoms with Crippen LogP contribution >= 0.6 is 0 Å². The number of carbonyl (C=O) groups is 1. The summed E-state index contributed by atoms with van der Waals surface area (Å²) in [5, 5.41) is 0.145. The van der Waals surface area contributed by atoms with Gasteiger partial charge in [0.15, 0.2) is 14.1 Å². The number of fused-ring (bicyclic) bond motifs is 1. The van der Waals surface area contributed by atoms with Crippen LogP contribution in [-0.4, -0.2) is 19.7 Å². The van der Waals surface area contributed by atoms with Crippen molar-refractivity contribution in [1.82, 2.24) is 0 Å². The molecule has 0 heterocycles. The summed E-state index contributed by atoms with van der Waals surface area (Å²) in [6, 6.07) is 0. The van der Waals surface area contributed by atoms with Gasteiger partial charge in [-0.15, -0.1) is 0 Å². The maximum atomic E-state index is 13.2. The first-order valence-corrected chi connectivity index (χ1v) is 11.4. The van der Waals surface area contributed by atoms with E-state index < -0.39 is 13.9 Å². The number of hydrogen-bond donors (Lipinski definition) is 0. The summed E-state index contributed by atoms with van der Waals surface area (Å²) in [4.78, 5) is 13.2. The van der Waals surface area contributed by atoms with Crippen LogP contribution in [0.25, 0.3) is 0 Å². The Morgan fingerprint density at radius 1 is 1.33 bits per heavy atom. The second-order valence-corrected chi connectivity index (χ2v) is 13.9. The monoisotopic (exact) mass is 306 g/mol. The summed E-state index contributed by atoms with van der Waals surface area (Å²) < 4.78 is 6.89. The number of Topliss-reactive ketones (excluding diaryl/α,β-unsaturated/α-hetero) is 1. The molecule has 3 fully saturated rings. The first kappa shape index (κ1) is 15.5. The van der Waals surface area contributed by atoms with Crippen LogP contribution in [0.5, 0.6) is 0 Å². The average molecular weight is 307 g/mol. The van der Waals surface area contributed by atoms with Gasteiger partial charge in [-0.05, 0) is 43.3 Å². The molecule has 4 atom stereocenters. The molecule has 0 aromatic rings. The highest BCUT2D eigenvalue weighted by atomic mass is 28.4. The Balaban J connectivity index is 2.06. The molecule has 4 aliphatic rings. The first-order valence-electron chi connectivity index (χ1n) is 8.45. The van der Waals surface area contributed by atoms with Gasteiger partial charge in [0.05, 0.1) is 0 Å². The van der Waals surface area contributed by atoms with Crippen LogP contribution in [0.1, 0.15) is 53.4 Å². The van der Waals surface area contributed by atoms with Gasteiger partial charge in [0.25, 0.3) is 0 Å². The molecule has 0 spiro atoms. The average Bonchev–Trinajstić information content (AvgIpc) is 2.34. The van der Waals surface area contributed by atoms with Gasteiger partial charge in [0.2, 0.25) is 0 Å². The Morgan fingerprint density at radius 2 is 2.00 bits per heavy atom. The lowest BCUT2D eigenvalue weighted by atomic mass is 9.46. The highest BCUT2D eigenvalue weighted by Crippen LogP contribution is 2.63. The van der Waals surface area contributed by atoms with Gasteiger partial charge < -0.3 is 4.43 Å². The van der Waals surface area contributed by atoms with Crippen molar-refractivity contribution < 1.29 is 9.22 Å². The number of rotatable bonds is 2. The first-order chi connectivity index (χ1) is 9.54. The zero-order valence-electron chi connectivity index (χ0n) is 14.5. The van der Waals surface area contributed by atoms with E-state index in [0.29, 0.717) is 11.7 Å². The van der Waals surface area contributed by atoms with Crippen molar-refractivity contribution >= 4 is 14.1 Å². The van der Waals surface area contributed by atoms with Gasteiger partial charge in [0, 0.05) is 17.8 Å². The number of ketones is 1. The largest absolute Gasteiger partial charge is 0.403 e. The third kappa shape index (κ3) is 1.89. The maximum absolute atomic E-state index is 13.2. The fourth-order valence-corrected chi connectivity index (χ4v) is 6.11. The Bertz CT molecular complexity index is 502. The minimum Gasteiger partial charge on any atom is -0.403 e. The second kappa shape index (κ2) is 4.32. The van der Waals surface area contributed by atoms with Gasteiger partial charge in [-0.3, -0.25) is 4.79 Å². The molecular formula is C18H30O2Si. The lowest BCUT2D eigenvalue weighted by Gasteiger charge is -2.64. The van der Waals surface area contributed by atoms with Crippen LogP contribution in [0.2, 0.25) is 18.1 Å². The van der Waals surface area contributed by atoms with Crippen molar-refractivity contribution in [2.75, 3.05) is 0 Å². The third-order valence-corrected chi connectivity index (χ3v) is 11.5. The van der Waals surface area contributed by atoms with Crippen LogP contribution in [-0.2, 0) is 9.22 Å². The van der Waals surface area contributed by atoms with Crippen molar-refractivity contribution in [3.05, 3.63) is 12.2 Å². The van der Waals surface area contributed by atoms with Crippen LogP contribution in [0.3, 0.4) is 0 Å². The third-order valence-electron chi connectivity index (χ3n) is 7.07. The standard InChI is InChI=1S/C18H30O2Si/c1-16(2,3)21(5,6)20-18-10-7-8-14-12-13(15(18)19)9-11-17(14,18)4/h7-8,13-14H,9-12H2,1-6H3/t13-,14-,17+,18-/m1/s1. The molecular weight excluding hydrogens is 276 g/mol. The smallest absolute Gasteiger partial charge is 0.193 e. The van der Waals surface area contributed by atoms with Gasteiger partial charge >= 0.3 is 0 Å². The number of allylic oxidation sites excluding steroid dienone is 1. The summed E-state index contributed by atoms with van der Waals surface area (Å²) in [6.45, 7) is 13.7. The molecule has 0 unspecified atom stereocenters. The van der Waals surface area contributed by atoms with Crippen LogP contribution < -0.4 is 0 Å². The normalized spacial score (nSPS) is 42.5. The van der Waals surface area contributed by atoms with Crippen molar-refractivity contribution in [2.45, 2.75) is 77.1 Å². The molecule has 0 radical (unpaired) electrons. The molecule has 0 saturated heterocycles. The molecule has 4 bridgehead atoms. The zero-order valence-corrected chi connectivity index (χ0v) is 15.5. The predicted molar refractivity (Wildman–Crippen MR) is 88.7 cm³/mol. The van der Waals surface area contributed by atoms with Crippen molar-refractivity contribution in [1.29, 1.82) is 0 Å². The van der Waals surface area contributed by atoms with E-state index in [-0.39, 0.29) is 16.4 Å². The summed E-state index contributed by atoms with van der Waals surface area (Å²) in [5.74, 6) is 1.20. The molecule has 118 valence electrons. The van der Waals surface area contributed by atoms with Crippen LogP contribution in [0.15, 0.2) is 12.2 Å². The van der Waals surface area contributed by atoms with E-state index in [4.69, 9.17) is 4.43 Å². The summed E-state index contributed by atoms with van der Waals surface area (Å²) in [5.41, 5.74) is -0.514. The lowest BCUT2D eigenvalue weighted by Crippen LogP contribution is -2.70. The topological polar surface area (TPSA) is 26.3 Å². The summed E-state index contributed by atoms with van der Waals surface area (Å²) >= 11 is 0. The Labute approximate surface area is 130 Å². The van der Waals surface area contributed by atoms with Crippen molar-refractivity contribution in [3.8, 4) is 0 Å². The van der Waals surface area contributed by atoms with E-state index >= 15 is 0 Å². The Hall–Kier alpha value is -0.413. The van der Waals surface area contributed by atoms with Gasteiger partial charge in [-0.2, -0.15) is 0 Å². The molecule has 0 N–H and O–H groups in total. The SMILES string of the molecule is CC(C)(C)[Si](C)(C)O[C@@]12CC=C[C@@H]3C[C@@H](CC[C@@]31C)C2=O. The number of carbonyl (C=O) groups excluding carboxylic acids is 1. The van der Waals surface area contributed by atoms with E-state index in [1.165, 1.54) is 0 Å². The minimum absolute atomic E-state index is 0.0170. The molecule has 4 rings (SSSR count). The van der Waals surface area contributed by atoms with Crippen molar-refractivity contribution in [3.63, 3.8) is 0 Å². The summed E-state index contributed by atoms with van der Waals surface area (Å²) in [7, 11) is -1.96. The van der Waals surface area contributed by atoms with Crippen LogP contribution in [0, 0.1) is 17.3 Å². The van der Waals surface area contributed by atoms with E-state index in [1.807, 2.05) is 0 Å². The Morgan fingerprint density at radius 3 is 2.62 bits per heavy atom. The quantitative estimate of drug-likeness (QED) is 0.545. The molecule has 4 aliphatic carbocycles. The van der Waals surface area contributed by atoms with Crippen molar-refractivity contribution in [2.24, 2.45) is 17.3 Å². The van der Waals surface area contributed by atoms with E-state index in [0.717, 1.165) is 25.7 Å². The van der Waals surface area contributed by atoms with E-state index in [9.17, 15) is 4.79 Å². The van der Waals surface area contributed by atoms with Gasteiger partial charge in [-0.1, -0.05) is 39.8 Å². The molecule has 0 aromatic carbocycles. The summed E-state index contributed by atoms with van der Waals surface area (Å²) in [6.07, 6.45) is 8.65. The fraction of sp³-hybridized carbons (Fsp3) is 0.833. The zero-order chi connectivity index (χ0) is 15.7. The molecule has 3 heteroatoms. The van der Waals surface area contributed by atoms with E-state index in [2.05, 4.69) is 52.9 Å². The van der Waals surface area contributed by atoms with Crippen LogP contribution in [0.4, 0.5) is 0 Å².